The Bertz CT molecular complexity index is 741. The van der Waals surface area contributed by atoms with E-state index in [0.717, 1.165) is 5.56 Å². The van der Waals surface area contributed by atoms with Crippen LogP contribution in [0.1, 0.15) is 5.56 Å². The van der Waals surface area contributed by atoms with Gasteiger partial charge in [0.1, 0.15) is 6.33 Å². The Labute approximate surface area is 114 Å². The van der Waals surface area contributed by atoms with Crippen LogP contribution in [0.3, 0.4) is 0 Å². The number of rotatable bonds is 4. The number of nitrogens with zero attached hydrogens (tertiary/aromatic N) is 4. The predicted octanol–water partition coefficient (Wildman–Crippen LogP) is 1.42. The van der Waals surface area contributed by atoms with Crippen molar-refractivity contribution >= 4 is 5.65 Å². The zero-order valence-electron chi connectivity index (χ0n) is 10.7. The Morgan fingerprint density at radius 1 is 1.30 bits per heavy atom. The van der Waals surface area contributed by atoms with Crippen LogP contribution in [0.25, 0.3) is 5.65 Å². The highest BCUT2D eigenvalue weighted by Gasteiger charge is 2.11. The molecule has 20 heavy (non-hydrogen) atoms. The monoisotopic (exact) mass is 272 g/mol. The quantitative estimate of drug-likeness (QED) is 0.773. The highest BCUT2D eigenvalue weighted by atomic mass is 16.5. The number of aromatic nitrogens is 4. The number of methoxy groups -OCH3 is 1. The first-order valence-electron chi connectivity index (χ1n) is 5.92. The molecular formula is C13H12N4O3. The summed E-state index contributed by atoms with van der Waals surface area (Å²) < 4.78 is 12.7. The van der Waals surface area contributed by atoms with Gasteiger partial charge < -0.3 is 14.6 Å². The summed E-state index contributed by atoms with van der Waals surface area (Å²) in [6, 6.07) is 5.17. The maximum absolute atomic E-state index is 9.12. The van der Waals surface area contributed by atoms with Crippen molar-refractivity contribution in [2.45, 2.75) is 6.61 Å². The fourth-order valence-electron chi connectivity index (χ4n) is 1.81. The van der Waals surface area contributed by atoms with Crippen LogP contribution in [0.15, 0.2) is 36.9 Å². The molecule has 0 saturated heterocycles. The first-order valence-corrected chi connectivity index (χ1v) is 5.92. The third kappa shape index (κ3) is 2.14. The largest absolute Gasteiger partial charge is 0.493 e. The molecule has 0 atom stereocenters. The van der Waals surface area contributed by atoms with E-state index in [0.29, 0.717) is 23.0 Å². The fraction of sp³-hybridized carbons (Fsp3) is 0.154. The predicted molar refractivity (Wildman–Crippen MR) is 69.8 cm³/mol. The van der Waals surface area contributed by atoms with Gasteiger partial charge in [-0.2, -0.15) is 0 Å². The van der Waals surface area contributed by atoms with Gasteiger partial charge in [0.15, 0.2) is 11.5 Å². The molecule has 2 aromatic heterocycles. The molecule has 0 aliphatic rings. The molecule has 102 valence electrons. The lowest BCUT2D eigenvalue weighted by atomic mass is 10.2. The molecular weight excluding hydrogens is 260 g/mol. The minimum Gasteiger partial charge on any atom is -0.493 e. The average molecular weight is 272 g/mol. The Hall–Kier alpha value is -2.67. The molecule has 0 spiro atoms. The van der Waals surface area contributed by atoms with Crippen LogP contribution in [0, 0.1) is 0 Å². The van der Waals surface area contributed by atoms with Crippen molar-refractivity contribution in [3.8, 4) is 17.4 Å². The van der Waals surface area contributed by atoms with E-state index in [4.69, 9.17) is 14.6 Å². The Kier molecular flexibility index (Phi) is 3.18. The first-order chi connectivity index (χ1) is 9.81. The average Bonchev–Trinajstić information content (AvgIpc) is 2.97. The van der Waals surface area contributed by atoms with E-state index in [2.05, 4.69) is 15.2 Å². The molecule has 3 rings (SSSR count). The molecule has 3 aromatic rings. The maximum Gasteiger partial charge on any atom is 0.265 e. The topological polar surface area (TPSA) is 81.8 Å². The van der Waals surface area contributed by atoms with Crippen LogP contribution in [-0.2, 0) is 6.61 Å². The summed E-state index contributed by atoms with van der Waals surface area (Å²) in [4.78, 5) is 4.14. The number of benzene rings is 1. The molecule has 0 aliphatic heterocycles. The second kappa shape index (κ2) is 5.14. The van der Waals surface area contributed by atoms with E-state index in [1.807, 2.05) is 0 Å². The van der Waals surface area contributed by atoms with Crippen LogP contribution >= 0.6 is 0 Å². The summed E-state index contributed by atoms with van der Waals surface area (Å²) in [6.45, 7) is -0.0609. The number of aliphatic hydroxyl groups excluding tert-OH is 1. The number of hydrogen-bond acceptors (Lipinski definition) is 6. The van der Waals surface area contributed by atoms with E-state index < -0.39 is 0 Å². The summed E-state index contributed by atoms with van der Waals surface area (Å²) in [6.07, 6.45) is 4.89. The molecule has 0 aliphatic carbocycles. The molecule has 1 aromatic carbocycles. The van der Waals surface area contributed by atoms with Gasteiger partial charge in [0.25, 0.3) is 5.88 Å². The van der Waals surface area contributed by atoms with E-state index in [-0.39, 0.29) is 6.61 Å². The summed E-state index contributed by atoms with van der Waals surface area (Å²) >= 11 is 0. The van der Waals surface area contributed by atoms with Crippen molar-refractivity contribution in [2.24, 2.45) is 0 Å². The molecule has 7 nitrogen and oxygen atoms in total. The van der Waals surface area contributed by atoms with Gasteiger partial charge in [-0.15, -0.1) is 10.2 Å². The van der Waals surface area contributed by atoms with E-state index in [1.54, 1.807) is 41.3 Å². The normalized spacial score (nSPS) is 10.7. The highest BCUT2D eigenvalue weighted by Crippen LogP contribution is 2.32. The first kappa shape index (κ1) is 12.4. The second-order valence-corrected chi connectivity index (χ2v) is 4.04. The van der Waals surface area contributed by atoms with Crippen LogP contribution in [-0.4, -0.2) is 31.8 Å². The highest BCUT2D eigenvalue weighted by molar-refractivity contribution is 5.52. The number of hydrogen-bond donors (Lipinski definition) is 1. The third-order valence-electron chi connectivity index (χ3n) is 2.80. The third-order valence-corrected chi connectivity index (χ3v) is 2.80. The molecule has 7 heteroatoms. The summed E-state index contributed by atoms with van der Waals surface area (Å²) in [5.74, 6) is 1.34. The molecule has 2 heterocycles. The lowest BCUT2D eigenvalue weighted by molar-refractivity contribution is 0.280. The number of fused-ring (bicyclic) bond motifs is 1. The van der Waals surface area contributed by atoms with Gasteiger partial charge in [-0.05, 0) is 17.7 Å². The van der Waals surface area contributed by atoms with Gasteiger partial charge in [-0.25, -0.2) is 4.98 Å². The Morgan fingerprint density at radius 2 is 2.20 bits per heavy atom. The molecule has 1 N–H and O–H groups in total. The van der Waals surface area contributed by atoms with E-state index in [1.165, 1.54) is 7.11 Å². The SMILES string of the molecule is COc1cc(CO)ccc1Oc1nccn2cnnc12. The van der Waals surface area contributed by atoms with Crippen molar-refractivity contribution in [1.82, 2.24) is 19.6 Å². The summed E-state index contributed by atoms with van der Waals surface area (Å²) in [5.41, 5.74) is 1.25. The zero-order chi connectivity index (χ0) is 13.9. The van der Waals surface area contributed by atoms with Crippen molar-refractivity contribution in [3.05, 3.63) is 42.5 Å². The Morgan fingerprint density at radius 3 is 3.00 bits per heavy atom. The van der Waals surface area contributed by atoms with Crippen molar-refractivity contribution < 1.29 is 14.6 Å². The molecule has 0 unspecified atom stereocenters. The van der Waals surface area contributed by atoms with E-state index >= 15 is 0 Å². The minimum atomic E-state index is -0.0609. The van der Waals surface area contributed by atoms with Crippen molar-refractivity contribution in [2.75, 3.05) is 7.11 Å². The number of aliphatic hydroxyl groups is 1. The zero-order valence-corrected chi connectivity index (χ0v) is 10.7. The number of ether oxygens (including phenoxy) is 2. The van der Waals surface area contributed by atoms with E-state index in [9.17, 15) is 0 Å². The van der Waals surface area contributed by atoms with Crippen LogP contribution in [0.2, 0.25) is 0 Å². The van der Waals surface area contributed by atoms with Gasteiger partial charge in [-0.1, -0.05) is 6.07 Å². The van der Waals surface area contributed by atoms with Gasteiger partial charge >= 0.3 is 0 Å². The maximum atomic E-state index is 9.12. The molecule has 0 amide bonds. The summed E-state index contributed by atoms with van der Waals surface area (Å²) in [5, 5.41) is 16.9. The smallest absolute Gasteiger partial charge is 0.265 e. The van der Waals surface area contributed by atoms with Gasteiger partial charge in [0.05, 0.1) is 13.7 Å². The van der Waals surface area contributed by atoms with Crippen LogP contribution in [0.4, 0.5) is 0 Å². The van der Waals surface area contributed by atoms with Crippen LogP contribution in [0.5, 0.6) is 17.4 Å². The Balaban J connectivity index is 2.00. The second-order valence-electron chi connectivity index (χ2n) is 4.04. The fourth-order valence-corrected chi connectivity index (χ4v) is 1.81. The summed E-state index contributed by atoms with van der Waals surface area (Å²) in [7, 11) is 1.54. The lowest BCUT2D eigenvalue weighted by Gasteiger charge is -2.10. The van der Waals surface area contributed by atoms with Gasteiger partial charge in [0.2, 0.25) is 5.65 Å². The molecule has 0 fully saturated rings. The van der Waals surface area contributed by atoms with Gasteiger partial charge in [0, 0.05) is 12.4 Å². The van der Waals surface area contributed by atoms with Crippen LogP contribution < -0.4 is 9.47 Å². The molecule has 0 bridgehead atoms. The minimum absolute atomic E-state index is 0.0609. The lowest BCUT2D eigenvalue weighted by Crippen LogP contribution is -1.96. The standard InChI is InChI=1S/C13H12N4O3/c1-19-11-6-9(7-18)2-3-10(11)20-13-12-16-15-8-17(12)5-4-14-13/h2-6,8,18H,7H2,1H3. The molecule has 0 radical (unpaired) electrons. The van der Waals surface area contributed by atoms with Crippen molar-refractivity contribution in [3.63, 3.8) is 0 Å². The molecule has 0 saturated carbocycles. The van der Waals surface area contributed by atoms with Crippen molar-refractivity contribution in [1.29, 1.82) is 0 Å². The van der Waals surface area contributed by atoms with Gasteiger partial charge in [-0.3, -0.25) is 4.40 Å².